The summed E-state index contributed by atoms with van der Waals surface area (Å²) in [7, 11) is 1.60. The highest BCUT2D eigenvalue weighted by molar-refractivity contribution is 5.91. The number of benzene rings is 2. The van der Waals surface area contributed by atoms with E-state index in [1.165, 1.54) is 0 Å². The van der Waals surface area contributed by atoms with Gasteiger partial charge in [0.25, 0.3) is 0 Å². The Balaban J connectivity index is 1.74. The number of carbonyl (C=O) groups is 1. The summed E-state index contributed by atoms with van der Waals surface area (Å²) >= 11 is 0. The van der Waals surface area contributed by atoms with Crippen molar-refractivity contribution >= 4 is 22.6 Å². The van der Waals surface area contributed by atoms with Crippen molar-refractivity contribution in [2.75, 3.05) is 12.4 Å². The van der Waals surface area contributed by atoms with Gasteiger partial charge in [0.1, 0.15) is 12.3 Å². The number of anilines is 1. The van der Waals surface area contributed by atoms with Crippen LogP contribution in [0.2, 0.25) is 0 Å². The summed E-state index contributed by atoms with van der Waals surface area (Å²) in [5.41, 5.74) is 2.54. The Labute approximate surface area is 122 Å². The number of ether oxygens (including phenoxy) is 1. The average Bonchev–Trinajstić information content (AvgIpc) is 2.91. The van der Waals surface area contributed by atoms with Gasteiger partial charge in [-0.3, -0.25) is 4.79 Å². The highest BCUT2D eigenvalue weighted by Crippen LogP contribution is 2.17. The second kappa shape index (κ2) is 5.66. The smallest absolute Gasteiger partial charge is 0.244 e. The molecular formula is C16H15N3O2. The number of nitrogens with one attached hydrogen (secondary N) is 1. The molecule has 0 saturated carbocycles. The molecule has 1 amide bonds. The van der Waals surface area contributed by atoms with Crippen molar-refractivity contribution in [1.82, 2.24) is 9.55 Å². The normalized spacial score (nSPS) is 10.5. The summed E-state index contributed by atoms with van der Waals surface area (Å²) < 4.78 is 6.96. The maximum atomic E-state index is 12.1. The van der Waals surface area contributed by atoms with Crippen molar-refractivity contribution in [3.63, 3.8) is 0 Å². The van der Waals surface area contributed by atoms with Crippen molar-refractivity contribution in [2.45, 2.75) is 6.54 Å². The second-order valence-electron chi connectivity index (χ2n) is 4.64. The molecule has 0 unspecified atom stereocenters. The van der Waals surface area contributed by atoms with E-state index in [9.17, 15) is 4.79 Å². The number of aromatic nitrogens is 2. The average molecular weight is 281 g/mol. The third-order valence-electron chi connectivity index (χ3n) is 3.19. The van der Waals surface area contributed by atoms with E-state index in [4.69, 9.17) is 4.74 Å². The highest BCUT2D eigenvalue weighted by atomic mass is 16.5. The maximum Gasteiger partial charge on any atom is 0.244 e. The van der Waals surface area contributed by atoms with Crippen LogP contribution in [0.15, 0.2) is 54.9 Å². The number of fused-ring (bicyclic) bond motifs is 1. The topological polar surface area (TPSA) is 56.1 Å². The van der Waals surface area contributed by atoms with Gasteiger partial charge in [-0.15, -0.1) is 0 Å². The van der Waals surface area contributed by atoms with Gasteiger partial charge in [0.15, 0.2) is 0 Å². The predicted octanol–water partition coefficient (Wildman–Crippen LogP) is 2.68. The van der Waals surface area contributed by atoms with Crippen molar-refractivity contribution in [2.24, 2.45) is 0 Å². The lowest BCUT2D eigenvalue weighted by molar-refractivity contribution is -0.116. The largest absolute Gasteiger partial charge is 0.497 e. The molecule has 0 atom stereocenters. The van der Waals surface area contributed by atoms with E-state index in [0.717, 1.165) is 11.0 Å². The van der Waals surface area contributed by atoms with Gasteiger partial charge < -0.3 is 14.6 Å². The Bertz CT molecular complexity index is 780. The molecule has 3 rings (SSSR count). The van der Waals surface area contributed by atoms with E-state index in [1.807, 2.05) is 47.0 Å². The molecule has 0 aliphatic heterocycles. The van der Waals surface area contributed by atoms with Crippen molar-refractivity contribution in [3.8, 4) is 5.75 Å². The number of carbonyl (C=O) groups excluding carboxylic acids is 1. The van der Waals surface area contributed by atoms with Gasteiger partial charge in [-0.05, 0) is 24.3 Å². The summed E-state index contributed by atoms with van der Waals surface area (Å²) in [6.45, 7) is 0.220. The molecule has 5 nitrogen and oxygen atoms in total. The Kier molecular flexibility index (Phi) is 3.55. The van der Waals surface area contributed by atoms with E-state index in [2.05, 4.69) is 10.3 Å². The van der Waals surface area contributed by atoms with Gasteiger partial charge in [-0.1, -0.05) is 18.2 Å². The molecule has 5 heteroatoms. The van der Waals surface area contributed by atoms with Gasteiger partial charge in [-0.25, -0.2) is 4.98 Å². The fraction of sp³-hybridized carbons (Fsp3) is 0.125. The lowest BCUT2D eigenvalue weighted by Gasteiger charge is -2.08. The van der Waals surface area contributed by atoms with Crippen LogP contribution in [0.3, 0.4) is 0 Å². The minimum Gasteiger partial charge on any atom is -0.497 e. The molecule has 0 radical (unpaired) electrons. The van der Waals surface area contributed by atoms with Crippen molar-refractivity contribution < 1.29 is 9.53 Å². The van der Waals surface area contributed by atoms with Gasteiger partial charge in [-0.2, -0.15) is 0 Å². The first-order chi connectivity index (χ1) is 10.3. The minimum atomic E-state index is -0.105. The summed E-state index contributed by atoms with van der Waals surface area (Å²) in [6, 6.07) is 15.0. The summed E-state index contributed by atoms with van der Waals surface area (Å²) in [4.78, 5) is 16.4. The third-order valence-corrected chi connectivity index (χ3v) is 3.19. The predicted molar refractivity (Wildman–Crippen MR) is 81.4 cm³/mol. The first-order valence-corrected chi connectivity index (χ1v) is 6.60. The molecule has 0 spiro atoms. The van der Waals surface area contributed by atoms with Crippen LogP contribution in [0, 0.1) is 0 Å². The third kappa shape index (κ3) is 2.86. The number of hydrogen-bond acceptors (Lipinski definition) is 3. The molecule has 106 valence electrons. The van der Waals surface area contributed by atoms with Crippen molar-refractivity contribution in [1.29, 1.82) is 0 Å². The number of rotatable bonds is 4. The van der Waals surface area contributed by atoms with Crippen LogP contribution in [-0.4, -0.2) is 22.6 Å². The van der Waals surface area contributed by atoms with Gasteiger partial charge in [0, 0.05) is 11.8 Å². The van der Waals surface area contributed by atoms with E-state index in [-0.39, 0.29) is 12.5 Å². The first kappa shape index (κ1) is 13.2. The summed E-state index contributed by atoms with van der Waals surface area (Å²) in [6.07, 6.45) is 1.68. The standard InChI is InChI=1S/C16H15N3O2/c1-21-13-6-4-5-12(9-13)18-16(20)10-19-11-17-14-7-2-3-8-15(14)19/h2-9,11H,10H2,1H3,(H,18,20). The number of methoxy groups -OCH3 is 1. The first-order valence-electron chi connectivity index (χ1n) is 6.60. The van der Waals surface area contributed by atoms with Crippen LogP contribution in [0.25, 0.3) is 11.0 Å². The Morgan fingerprint density at radius 3 is 2.95 bits per heavy atom. The fourth-order valence-electron chi connectivity index (χ4n) is 2.19. The van der Waals surface area contributed by atoms with Crippen LogP contribution < -0.4 is 10.1 Å². The molecule has 0 saturated heterocycles. The zero-order valence-electron chi connectivity index (χ0n) is 11.6. The number of hydrogen-bond donors (Lipinski definition) is 1. The number of imidazole rings is 1. The van der Waals surface area contributed by atoms with E-state index >= 15 is 0 Å². The Morgan fingerprint density at radius 2 is 2.10 bits per heavy atom. The number of para-hydroxylation sites is 2. The maximum absolute atomic E-state index is 12.1. The molecule has 0 fully saturated rings. The number of amides is 1. The Hall–Kier alpha value is -2.82. The lowest BCUT2D eigenvalue weighted by Crippen LogP contribution is -2.18. The number of nitrogens with zero attached hydrogens (tertiary/aromatic N) is 2. The monoisotopic (exact) mass is 281 g/mol. The van der Waals surface area contributed by atoms with E-state index in [1.54, 1.807) is 19.5 Å². The Morgan fingerprint density at radius 1 is 1.24 bits per heavy atom. The molecule has 0 bridgehead atoms. The zero-order valence-corrected chi connectivity index (χ0v) is 11.6. The van der Waals surface area contributed by atoms with Crippen LogP contribution in [-0.2, 0) is 11.3 Å². The zero-order chi connectivity index (χ0) is 14.7. The molecule has 0 aliphatic carbocycles. The minimum absolute atomic E-state index is 0.105. The molecule has 3 aromatic rings. The fourth-order valence-corrected chi connectivity index (χ4v) is 2.19. The van der Waals surface area contributed by atoms with Gasteiger partial charge in [0.05, 0.1) is 24.5 Å². The molecular weight excluding hydrogens is 266 g/mol. The van der Waals surface area contributed by atoms with Crippen LogP contribution >= 0.6 is 0 Å². The quantitative estimate of drug-likeness (QED) is 0.800. The van der Waals surface area contributed by atoms with Crippen LogP contribution in [0.4, 0.5) is 5.69 Å². The van der Waals surface area contributed by atoms with Crippen molar-refractivity contribution in [3.05, 3.63) is 54.9 Å². The highest BCUT2D eigenvalue weighted by Gasteiger charge is 2.07. The van der Waals surface area contributed by atoms with E-state index in [0.29, 0.717) is 11.4 Å². The van der Waals surface area contributed by atoms with Crippen LogP contribution in [0.5, 0.6) is 5.75 Å². The van der Waals surface area contributed by atoms with E-state index < -0.39 is 0 Å². The molecule has 1 N–H and O–H groups in total. The molecule has 0 aliphatic rings. The molecule has 1 heterocycles. The summed E-state index contributed by atoms with van der Waals surface area (Å²) in [5.74, 6) is 0.604. The van der Waals surface area contributed by atoms with Gasteiger partial charge in [0.2, 0.25) is 5.91 Å². The van der Waals surface area contributed by atoms with Gasteiger partial charge >= 0.3 is 0 Å². The van der Waals surface area contributed by atoms with Crippen LogP contribution in [0.1, 0.15) is 0 Å². The second-order valence-corrected chi connectivity index (χ2v) is 4.64. The summed E-state index contributed by atoms with van der Waals surface area (Å²) in [5, 5.41) is 2.85. The SMILES string of the molecule is COc1cccc(NC(=O)Cn2cnc3ccccc32)c1. The molecule has 1 aromatic heterocycles. The molecule has 21 heavy (non-hydrogen) atoms. The molecule has 2 aromatic carbocycles. The lowest BCUT2D eigenvalue weighted by atomic mass is 10.3.